The first-order chi connectivity index (χ1) is 17.3. The number of amides is 2. The van der Waals surface area contributed by atoms with Crippen molar-refractivity contribution >= 4 is 38.9 Å². The molecule has 0 spiro atoms. The number of rotatable bonds is 9. The second kappa shape index (κ2) is 11.4. The third-order valence-corrected chi connectivity index (χ3v) is 9.14. The zero-order valence-corrected chi connectivity index (χ0v) is 22.1. The zero-order chi connectivity index (χ0) is 25.7. The lowest BCUT2D eigenvalue weighted by Crippen LogP contribution is -2.47. The van der Waals surface area contributed by atoms with Gasteiger partial charge in [0.1, 0.15) is 0 Å². The molecule has 1 aliphatic heterocycles. The minimum Gasteiger partial charge on any atom is -0.330 e. The Morgan fingerprint density at radius 2 is 1.81 bits per heavy atom. The van der Waals surface area contributed by atoms with Gasteiger partial charge >= 0.3 is 0 Å². The number of anilines is 1. The Balaban J connectivity index is 1.61. The molecule has 0 saturated carbocycles. The molecule has 3 aromatic rings. The molecule has 190 valence electrons. The Bertz CT molecular complexity index is 1300. The Kier molecular flexibility index (Phi) is 8.23. The molecule has 1 atom stereocenters. The normalized spacial score (nSPS) is 15.5. The highest BCUT2D eigenvalue weighted by molar-refractivity contribution is 7.89. The number of hydrogen-bond donors (Lipinski definition) is 1. The van der Waals surface area contributed by atoms with Gasteiger partial charge in [-0.05, 0) is 59.7 Å². The monoisotopic (exact) mass is 525 g/mol. The lowest BCUT2D eigenvalue weighted by Gasteiger charge is -2.37. The summed E-state index contributed by atoms with van der Waals surface area (Å²) >= 11 is 1.70. The van der Waals surface area contributed by atoms with Gasteiger partial charge < -0.3 is 10.2 Å². The number of nitrogens with one attached hydrogen (secondary N) is 1. The maximum absolute atomic E-state index is 13.7. The van der Waals surface area contributed by atoms with Gasteiger partial charge in [-0.1, -0.05) is 43.7 Å². The molecule has 1 unspecified atom stereocenters. The quantitative estimate of drug-likeness (QED) is 0.440. The number of nitrogens with zero attached hydrogens (tertiary/aromatic N) is 2. The first-order valence-corrected chi connectivity index (χ1v) is 14.4. The second-order valence-corrected chi connectivity index (χ2v) is 11.8. The van der Waals surface area contributed by atoms with Crippen LogP contribution in [0.5, 0.6) is 0 Å². The van der Waals surface area contributed by atoms with Crippen molar-refractivity contribution in [1.82, 2.24) is 9.21 Å². The maximum Gasteiger partial charge on any atom is 0.243 e. The summed E-state index contributed by atoms with van der Waals surface area (Å²) in [5.41, 5.74) is 2.65. The van der Waals surface area contributed by atoms with Gasteiger partial charge in [0.15, 0.2) is 0 Å². The largest absolute Gasteiger partial charge is 0.330 e. The summed E-state index contributed by atoms with van der Waals surface area (Å²) in [5.74, 6) is -0.445. The molecule has 2 amide bonds. The van der Waals surface area contributed by atoms with Crippen LogP contribution in [-0.4, -0.2) is 49.1 Å². The maximum atomic E-state index is 13.7. The van der Waals surface area contributed by atoms with E-state index in [4.69, 9.17) is 0 Å². The fourth-order valence-corrected chi connectivity index (χ4v) is 6.83. The molecule has 1 N–H and O–H groups in total. The van der Waals surface area contributed by atoms with Crippen LogP contribution in [0.25, 0.3) is 0 Å². The van der Waals surface area contributed by atoms with Crippen LogP contribution in [0.2, 0.25) is 0 Å². The molecule has 0 bridgehead atoms. The van der Waals surface area contributed by atoms with Gasteiger partial charge in [-0.25, -0.2) is 8.42 Å². The zero-order valence-electron chi connectivity index (χ0n) is 20.5. The summed E-state index contributed by atoms with van der Waals surface area (Å²) in [6, 6.07) is 17.8. The number of hydrogen-bond acceptors (Lipinski definition) is 5. The van der Waals surface area contributed by atoms with Gasteiger partial charge in [0, 0.05) is 30.6 Å². The van der Waals surface area contributed by atoms with Crippen molar-refractivity contribution in [3.63, 3.8) is 0 Å². The van der Waals surface area contributed by atoms with E-state index in [2.05, 4.69) is 16.8 Å². The molecule has 1 aromatic heterocycles. The molecule has 2 aromatic carbocycles. The van der Waals surface area contributed by atoms with E-state index in [1.165, 1.54) is 28.2 Å². The number of carbonyl (C=O) groups is 2. The van der Waals surface area contributed by atoms with Crippen LogP contribution in [0.1, 0.15) is 48.7 Å². The second-order valence-electron chi connectivity index (χ2n) is 8.85. The minimum atomic E-state index is -3.91. The van der Waals surface area contributed by atoms with Crippen LogP contribution in [0.4, 0.5) is 5.69 Å². The first kappa shape index (κ1) is 26.1. The van der Waals surface area contributed by atoms with Crippen LogP contribution in [0.3, 0.4) is 0 Å². The number of sulfonamides is 1. The summed E-state index contributed by atoms with van der Waals surface area (Å²) in [7, 11) is -3.91. The van der Waals surface area contributed by atoms with Crippen LogP contribution in [-0.2, 0) is 26.0 Å². The van der Waals surface area contributed by atoms with Gasteiger partial charge in [-0.2, -0.15) is 4.31 Å². The van der Waals surface area contributed by atoms with E-state index in [-0.39, 0.29) is 35.8 Å². The summed E-state index contributed by atoms with van der Waals surface area (Å²) in [4.78, 5) is 28.2. The predicted octanol–water partition coefficient (Wildman–Crippen LogP) is 4.67. The topological polar surface area (TPSA) is 86.8 Å². The van der Waals surface area contributed by atoms with Crippen LogP contribution in [0.15, 0.2) is 70.9 Å². The van der Waals surface area contributed by atoms with Gasteiger partial charge in [0.05, 0.1) is 17.5 Å². The van der Waals surface area contributed by atoms with E-state index in [9.17, 15) is 18.0 Å². The molecule has 4 rings (SSSR count). The van der Waals surface area contributed by atoms with E-state index >= 15 is 0 Å². The van der Waals surface area contributed by atoms with Crippen LogP contribution >= 0.6 is 11.3 Å². The van der Waals surface area contributed by atoms with Gasteiger partial charge in [0.2, 0.25) is 21.8 Å². The number of unbranched alkanes of at least 4 members (excludes halogenated alkanes) is 1. The summed E-state index contributed by atoms with van der Waals surface area (Å²) in [5, 5.41) is 4.69. The molecule has 1 aliphatic rings. The highest BCUT2D eigenvalue weighted by atomic mass is 32.2. The average molecular weight is 526 g/mol. The van der Waals surface area contributed by atoms with E-state index in [1.807, 2.05) is 42.2 Å². The molecule has 2 heterocycles. The van der Waals surface area contributed by atoms with Crippen molar-refractivity contribution in [3.05, 3.63) is 82.0 Å². The fraction of sp³-hybridized carbons (Fsp3) is 0.333. The highest BCUT2D eigenvalue weighted by Gasteiger charge is 2.35. The van der Waals surface area contributed by atoms with E-state index in [0.717, 1.165) is 24.0 Å². The molecular weight excluding hydrogens is 494 g/mol. The van der Waals surface area contributed by atoms with Crippen molar-refractivity contribution in [3.8, 4) is 0 Å². The van der Waals surface area contributed by atoms with E-state index in [0.29, 0.717) is 18.7 Å². The highest BCUT2D eigenvalue weighted by Crippen LogP contribution is 2.38. The van der Waals surface area contributed by atoms with Gasteiger partial charge in [-0.3, -0.25) is 9.59 Å². The Hall–Kier alpha value is -3.01. The summed E-state index contributed by atoms with van der Waals surface area (Å²) in [6.07, 6.45) is 2.21. The Morgan fingerprint density at radius 3 is 2.47 bits per heavy atom. The number of benzene rings is 2. The van der Waals surface area contributed by atoms with Crippen molar-refractivity contribution in [2.75, 3.05) is 25.0 Å². The van der Waals surface area contributed by atoms with Crippen LogP contribution < -0.4 is 5.32 Å². The SMILES string of the molecule is CCCCN(CC(=O)N1CCc2sccc2C1c1ccccc1)S(=O)(=O)c1ccc(NC(C)=O)cc1. The molecule has 0 fully saturated rings. The molecule has 0 radical (unpaired) electrons. The van der Waals surface area contributed by atoms with Crippen molar-refractivity contribution in [2.24, 2.45) is 0 Å². The van der Waals surface area contributed by atoms with Crippen molar-refractivity contribution < 1.29 is 18.0 Å². The average Bonchev–Trinajstić information content (AvgIpc) is 3.35. The smallest absolute Gasteiger partial charge is 0.243 e. The Labute approximate surface area is 216 Å². The molecule has 0 aliphatic carbocycles. The minimum absolute atomic E-state index is 0.0962. The van der Waals surface area contributed by atoms with E-state index in [1.54, 1.807) is 23.5 Å². The third kappa shape index (κ3) is 5.69. The first-order valence-electron chi connectivity index (χ1n) is 12.1. The summed E-state index contributed by atoms with van der Waals surface area (Å²) < 4.78 is 28.4. The molecule has 9 heteroatoms. The molecule has 36 heavy (non-hydrogen) atoms. The molecule has 7 nitrogen and oxygen atoms in total. The van der Waals surface area contributed by atoms with E-state index < -0.39 is 10.0 Å². The predicted molar refractivity (Wildman–Crippen MR) is 142 cm³/mol. The van der Waals surface area contributed by atoms with Crippen molar-refractivity contribution in [2.45, 2.75) is 44.0 Å². The number of carbonyl (C=O) groups excluding carboxylic acids is 2. The summed E-state index contributed by atoms with van der Waals surface area (Å²) in [6.45, 7) is 3.96. The van der Waals surface area contributed by atoms with Crippen LogP contribution in [0, 0.1) is 0 Å². The van der Waals surface area contributed by atoms with Gasteiger partial charge in [-0.15, -0.1) is 11.3 Å². The number of thiophene rings is 1. The fourth-order valence-electron chi connectivity index (χ4n) is 4.50. The van der Waals surface area contributed by atoms with Crippen molar-refractivity contribution in [1.29, 1.82) is 0 Å². The molecule has 0 saturated heterocycles. The third-order valence-electron chi connectivity index (χ3n) is 6.29. The standard InChI is InChI=1S/C27H31N3O4S2/c1-3-4-16-29(36(33,34)23-12-10-22(11-13-23)28-20(2)31)19-26(32)30-17-14-25-24(15-18-35-25)27(30)21-8-6-5-7-9-21/h5-13,15,18,27H,3-4,14,16-17,19H2,1-2H3,(H,28,31). The number of fused-ring (bicyclic) bond motifs is 1. The molecular formula is C27H31N3O4S2. The Morgan fingerprint density at radius 1 is 1.08 bits per heavy atom. The lowest BCUT2D eigenvalue weighted by molar-refractivity contribution is -0.133. The van der Waals surface area contributed by atoms with Gasteiger partial charge in [0.25, 0.3) is 0 Å². The lowest BCUT2D eigenvalue weighted by atomic mass is 9.93.